The monoisotopic (exact) mass is 300 g/mol. The maximum Gasteiger partial charge on any atom is 0.141 e. The molecule has 0 aliphatic carbocycles. The van der Waals surface area contributed by atoms with Gasteiger partial charge in [0.15, 0.2) is 0 Å². The van der Waals surface area contributed by atoms with E-state index >= 15 is 0 Å². The first-order valence-electron chi connectivity index (χ1n) is 7.54. The van der Waals surface area contributed by atoms with Crippen molar-refractivity contribution >= 4 is 33.1 Å². The lowest BCUT2D eigenvalue weighted by atomic mass is 10.1. The van der Waals surface area contributed by atoms with Crippen molar-refractivity contribution < 1.29 is 5.11 Å². The fourth-order valence-corrected chi connectivity index (χ4v) is 3.07. The molecule has 4 rings (SSSR count). The molecule has 0 saturated carbocycles. The number of phenols is 1. The third-order valence-corrected chi connectivity index (χ3v) is 4.21. The summed E-state index contributed by atoms with van der Waals surface area (Å²) in [4.78, 5) is 6.45. The number of phenolic OH excluding ortho intramolecular Hbond substituents is 1. The Kier molecular flexibility index (Phi) is 3.12. The van der Waals surface area contributed by atoms with Gasteiger partial charge in [-0.15, -0.1) is 0 Å². The Balaban J connectivity index is 1.96. The predicted molar refractivity (Wildman–Crippen MR) is 95.4 cm³/mol. The highest BCUT2D eigenvalue weighted by Gasteiger charge is 2.13. The van der Waals surface area contributed by atoms with Crippen LogP contribution in [0.25, 0.3) is 21.7 Å². The molecule has 3 nitrogen and oxygen atoms in total. The molecular weight excluding hydrogens is 284 g/mol. The van der Waals surface area contributed by atoms with E-state index in [4.69, 9.17) is 0 Å². The van der Waals surface area contributed by atoms with Crippen molar-refractivity contribution in [2.24, 2.45) is 0 Å². The highest BCUT2D eigenvalue weighted by atomic mass is 16.3. The van der Waals surface area contributed by atoms with Gasteiger partial charge in [0.25, 0.3) is 0 Å². The van der Waals surface area contributed by atoms with E-state index in [1.54, 1.807) is 12.3 Å². The number of benzene rings is 3. The highest BCUT2D eigenvalue weighted by molar-refractivity contribution is 6.01. The van der Waals surface area contributed by atoms with Gasteiger partial charge in [-0.1, -0.05) is 36.4 Å². The summed E-state index contributed by atoms with van der Waals surface area (Å²) in [6.45, 7) is 0. The molecule has 0 radical (unpaired) electrons. The van der Waals surface area contributed by atoms with Crippen molar-refractivity contribution in [3.05, 3.63) is 72.9 Å². The first kappa shape index (κ1) is 13.6. The summed E-state index contributed by atoms with van der Waals surface area (Å²) in [5.41, 5.74) is 2.76. The average Bonchev–Trinajstić information content (AvgIpc) is 2.61. The number of fused-ring (bicyclic) bond motifs is 2. The van der Waals surface area contributed by atoms with Crippen LogP contribution in [0.15, 0.2) is 72.9 Å². The van der Waals surface area contributed by atoms with Gasteiger partial charge in [0.1, 0.15) is 11.3 Å². The quantitative estimate of drug-likeness (QED) is 0.574. The Labute approximate surface area is 134 Å². The Bertz CT molecular complexity index is 1010. The van der Waals surface area contributed by atoms with Crippen LogP contribution in [0.5, 0.6) is 5.75 Å². The largest absolute Gasteiger partial charge is 0.506 e. The molecule has 0 aliphatic heterocycles. The van der Waals surface area contributed by atoms with Crippen molar-refractivity contribution in [3.63, 3.8) is 0 Å². The minimum atomic E-state index is 0.204. The van der Waals surface area contributed by atoms with Crippen LogP contribution in [0.2, 0.25) is 0 Å². The smallest absolute Gasteiger partial charge is 0.141 e. The second-order valence-corrected chi connectivity index (χ2v) is 5.56. The molecule has 0 spiro atoms. The Morgan fingerprint density at radius 3 is 2.43 bits per heavy atom. The van der Waals surface area contributed by atoms with Gasteiger partial charge in [-0.3, -0.25) is 4.98 Å². The molecule has 0 aliphatic rings. The summed E-state index contributed by atoms with van der Waals surface area (Å²) in [6, 6.07) is 22.1. The minimum absolute atomic E-state index is 0.204. The summed E-state index contributed by atoms with van der Waals surface area (Å²) < 4.78 is 0. The molecule has 0 saturated heterocycles. The molecule has 0 bridgehead atoms. The van der Waals surface area contributed by atoms with Crippen molar-refractivity contribution in [2.75, 3.05) is 11.9 Å². The summed E-state index contributed by atoms with van der Waals surface area (Å²) in [5, 5.41) is 13.4. The number of pyridine rings is 1. The van der Waals surface area contributed by atoms with Crippen LogP contribution < -0.4 is 4.90 Å². The molecule has 0 unspecified atom stereocenters. The molecule has 4 aromatic rings. The molecule has 0 atom stereocenters. The van der Waals surface area contributed by atoms with Gasteiger partial charge in [-0.25, -0.2) is 0 Å². The van der Waals surface area contributed by atoms with Crippen molar-refractivity contribution in [1.82, 2.24) is 4.98 Å². The Morgan fingerprint density at radius 1 is 0.783 bits per heavy atom. The number of hydrogen-bond donors (Lipinski definition) is 1. The average molecular weight is 300 g/mol. The van der Waals surface area contributed by atoms with Crippen LogP contribution >= 0.6 is 0 Å². The number of nitrogens with zero attached hydrogens (tertiary/aromatic N) is 2. The molecule has 112 valence electrons. The zero-order valence-electron chi connectivity index (χ0n) is 12.8. The van der Waals surface area contributed by atoms with Crippen LogP contribution in [0.4, 0.5) is 11.4 Å². The van der Waals surface area contributed by atoms with Crippen LogP contribution in [0.3, 0.4) is 0 Å². The zero-order chi connectivity index (χ0) is 15.8. The molecule has 0 fully saturated rings. The third-order valence-electron chi connectivity index (χ3n) is 4.21. The fourth-order valence-electron chi connectivity index (χ4n) is 3.07. The first-order chi connectivity index (χ1) is 11.3. The predicted octanol–water partition coefficient (Wildman–Crippen LogP) is 4.86. The molecule has 23 heavy (non-hydrogen) atoms. The topological polar surface area (TPSA) is 36.4 Å². The molecule has 0 amide bonds. The zero-order valence-corrected chi connectivity index (χ0v) is 12.8. The van der Waals surface area contributed by atoms with E-state index in [9.17, 15) is 5.11 Å². The molecule has 1 N–H and O–H groups in total. The normalized spacial score (nSPS) is 11.0. The summed E-state index contributed by atoms with van der Waals surface area (Å²) in [6.07, 6.45) is 1.70. The van der Waals surface area contributed by atoms with E-state index in [-0.39, 0.29) is 5.75 Å². The summed E-state index contributed by atoms with van der Waals surface area (Å²) >= 11 is 0. The van der Waals surface area contributed by atoms with Gasteiger partial charge in [-0.05, 0) is 35.7 Å². The maximum atomic E-state index is 10.0. The van der Waals surface area contributed by atoms with E-state index in [1.807, 2.05) is 31.3 Å². The van der Waals surface area contributed by atoms with Gasteiger partial charge in [-0.2, -0.15) is 0 Å². The van der Waals surface area contributed by atoms with Crippen molar-refractivity contribution in [3.8, 4) is 5.75 Å². The summed E-state index contributed by atoms with van der Waals surface area (Å²) in [5.74, 6) is 0.204. The highest BCUT2D eigenvalue weighted by Crippen LogP contribution is 2.36. The molecule has 3 heteroatoms. The first-order valence-corrected chi connectivity index (χ1v) is 7.54. The van der Waals surface area contributed by atoms with Crippen LogP contribution in [0.1, 0.15) is 0 Å². The Hall–Kier alpha value is -3.07. The number of aromatic hydroxyl groups is 1. The summed E-state index contributed by atoms with van der Waals surface area (Å²) in [7, 11) is 2.04. The number of hydrogen-bond acceptors (Lipinski definition) is 3. The Morgan fingerprint density at radius 2 is 1.52 bits per heavy atom. The SMILES string of the molecule is CN(c1cccc2ccccc12)c1ccc(O)c2ncccc12. The van der Waals surface area contributed by atoms with E-state index in [1.165, 1.54) is 10.8 Å². The number of rotatable bonds is 2. The van der Waals surface area contributed by atoms with E-state index in [2.05, 4.69) is 46.3 Å². The van der Waals surface area contributed by atoms with E-state index in [0.29, 0.717) is 5.52 Å². The van der Waals surface area contributed by atoms with Crippen LogP contribution in [-0.2, 0) is 0 Å². The molecular formula is C20H16N2O. The second kappa shape index (κ2) is 5.29. The molecule has 1 aromatic heterocycles. The molecule has 3 aromatic carbocycles. The van der Waals surface area contributed by atoms with Gasteiger partial charge in [0.05, 0.1) is 5.69 Å². The minimum Gasteiger partial charge on any atom is -0.506 e. The maximum absolute atomic E-state index is 10.0. The second-order valence-electron chi connectivity index (χ2n) is 5.56. The van der Waals surface area contributed by atoms with Gasteiger partial charge in [0, 0.05) is 29.7 Å². The standard InChI is InChI=1S/C20H16N2O/c1-22(17-10-4-7-14-6-2-3-8-15(14)17)18-11-12-19(23)20-16(18)9-5-13-21-20/h2-13,23H,1H3. The van der Waals surface area contributed by atoms with Gasteiger partial charge >= 0.3 is 0 Å². The number of aromatic nitrogens is 1. The number of anilines is 2. The lowest BCUT2D eigenvalue weighted by Gasteiger charge is -2.23. The lowest BCUT2D eigenvalue weighted by molar-refractivity contribution is 0.480. The van der Waals surface area contributed by atoms with E-state index in [0.717, 1.165) is 16.8 Å². The van der Waals surface area contributed by atoms with Crippen LogP contribution in [0, 0.1) is 0 Å². The van der Waals surface area contributed by atoms with Gasteiger partial charge in [0.2, 0.25) is 0 Å². The van der Waals surface area contributed by atoms with Crippen molar-refractivity contribution in [1.29, 1.82) is 0 Å². The van der Waals surface area contributed by atoms with E-state index < -0.39 is 0 Å². The van der Waals surface area contributed by atoms with Crippen molar-refractivity contribution in [2.45, 2.75) is 0 Å². The lowest BCUT2D eigenvalue weighted by Crippen LogP contribution is -2.10. The van der Waals surface area contributed by atoms with Gasteiger partial charge < -0.3 is 10.0 Å². The third kappa shape index (κ3) is 2.18. The molecule has 1 heterocycles. The fraction of sp³-hybridized carbons (Fsp3) is 0.0500. The van der Waals surface area contributed by atoms with Crippen LogP contribution in [-0.4, -0.2) is 17.1 Å².